The van der Waals surface area contributed by atoms with E-state index in [9.17, 15) is 4.79 Å². The van der Waals surface area contributed by atoms with Crippen LogP contribution < -0.4 is 11.3 Å². The van der Waals surface area contributed by atoms with Gasteiger partial charge in [0.05, 0.1) is 11.3 Å². The van der Waals surface area contributed by atoms with E-state index in [-0.39, 0.29) is 5.91 Å². The van der Waals surface area contributed by atoms with E-state index in [0.717, 1.165) is 19.5 Å². The Balaban J connectivity index is 2.20. The number of carbonyl (C=O) groups is 1. The maximum atomic E-state index is 12.2. The summed E-state index contributed by atoms with van der Waals surface area (Å²) in [6.07, 6.45) is 1.09. The molecule has 1 saturated heterocycles. The molecule has 4 nitrogen and oxygen atoms in total. The van der Waals surface area contributed by atoms with Crippen LogP contribution in [-0.2, 0) is 0 Å². The molecule has 0 radical (unpaired) electrons. The first-order valence-electron chi connectivity index (χ1n) is 5.57. The minimum atomic E-state index is 0.0675. The van der Waals surface area contributed by atoms with E-state index >= 15 is 0 Å². The van der Waals surface area contributed by atoms with E-state index in [1.807, 2.05) is 23.1 Å². The van der Waals surface area contributed by atoms with E-state index in [1.165, 1.54) is 0 Å². The largest absolute Gasteiger partial charge is 0.338 e. The predicted molar refractivity (Wildman–Crippen MR) is 63.9 cm³/mol. The van der Waals surface area contributed by atoms with Gasteiger partial charge in [-0.05, 0) is 24.5 Å². The highest BCUT2D eigenvalue weighted by atomic mass is 16.2. The Morgan fingerprint density at radius 2 is 2.25 bits per heavy atom. The van der Waals surface area contributed by atoms with Crippen LogP contribution in [0.25, 0.3) is 0 Å². The molecule has 0 saturated carbocycles. The fourth-order valence-electron chi connectivity index (χ4n) is 2.09. The fourth-order valence-corrected chi connectivity index (χ4v) is 2.09. The van der Waals surface area contributed by atoms with E-state index < -0.39 is 0 Å². The van der Waals surface area contributed by atoms with E-state index in [2.05, 4.69) is 12.3 Å². The number of carbonyl (C=O) groups excluding carboxylic acids is 1. The Morgan fingerprint density at radius 3 is 2.88 bits per heavy atom. The number of amides is 1. The fraction of sp³-hybridized carbons (Fsp3) is 0.417. The van der Waals surface area contributed by atoms with Crippen molar-refractivity contribution in [2.24, 2.45) is 11.8 Å². The first kappa shape index (κ1) is 11.0. The molecule has 1 unspecified atom stereocenters. The molecule has 2 rings (SSSR count). The molecule has 0 spiro atoms. The van der Waals surface area contributed by atoms with E-state index in [0.29, 0.717) is 17.2 Å². The lowest BCUT2D eigenvalue weighted by Gasteiger charge is -2.17. The second kappa shape index (κ2) is 4.53. The van der Waals surface area contributed by atoms with Crippen LogP contribution >= 0.6 is 0 Å². The van der Waals surface area contributed by atoms with E-state index in [1.54, 1.807) is 6.07 Å². The van der Waals surface area contributed by atoms with Crippen LogP contribution in [-0.4, -0.2) is 23.9 Å². The number of rotatable bonds is 2. The van der Waals surface area contributed by atoms with Crippen molar-refractivity contribution >= 4 is 11.6 Å². The lowest BCUT2D eigenvalue weighted by atomic mass is 10.1. The molecule has 1 heterocycles. The third kappa shape index (κ3) is 2.02. The van der Waals surface area contributed by atoms with Crippen LogP contribution in [0.4, 0.5) is 5.69 Å². The number of likely N-dealkylation sites (tertiary alicyclic amines) is 1. The molecule has 0 bridgehead atoms. The first-order valence-corrected chi connectivity index (χ1v) is 5.57. The highest BCUT2D eigenvalue weighted by Crippen LogP contribution is 2.21. The van der Waals surface area contributed by atoms with Crippen molar-refractivity contribution in [2.75, 3.05) is 18.5 Å². The molecular formula is C12H17N3O. The van der Waals surface area contributed by atoms with Gasteiger partial charge < -0.3 is 10.3 Å². The molecule has 1 aliphatic heterocycles. The van der Waals surface area contributed by atoms with Gasteiger partial charge in [0.2, 0.25) is 0 Å². The number of hydrazine groups is 1. The van der Waals surface area contributed by atoms with Crippen LogP contribution in [0.3, 0.4) is 0 Å². The smallest absolute Gasteiger partial charge is 0.256 e. The van der Waals surface area contributed by atoms with Crippen molar-refractivity contribution in [3.63, 3.8) is 0 Å². The lowest BCUT2D eigenvalue weighted by molar-refractivity contribution is 0.0789. The Hall–Kier alpha value is -1.55. The molecule has 3 N–H and O–H groups in total. The number of hydrogen-bond donors (Lipinski definition) is 2. The molecule has 0 aromatic heterocycles. The van der Waals surface area contributed by atoms with Crippen LogP contribution in [0.1, 0.15) is 23.7 Å². The van der Waals surface area contributed by atoms with Crippen molar-refractivity contribution in [2.45, 2.75) is 13.3 Å². The number of nitrogens with two attached hydrogens (primary N) is 1. The van der Waals surface area contributed by atoms with Gasteiger partial charge >= 0.3 is 0 Å². The zero-order valence-corrected chi connectivity index (χ0v) is 9.44. The Bertz CT molecular complexity index is 392. The van der Waals surface area contributed by atoms with Crippen molar-refractivity contribution in [3.05, 3.63) is 29.8 Å². The summed E-state index contributed by atoms with van der Waals surface area (Å²) in [6, 6.07) is 7.33. The van der Waals surface area contributed by atoms with Crippen molar-refractivity contribution in [1.29, 1.82) is 0 Å². The molecular weight excluding hydrogens is 202 g/mol. The summed E-state index contributed by atoms with van der Waals surface area (Å²) in [5.41, 5.74) is 3.90. The highest BCUT2D eigenvalue weighted by molar-refractivity contribution is 5.99. The summed E-state index contributed by atoms with van der Waals surface area (Å²) in [4.78, 5) is 14.1. The summed E-state index contributed by atoms with van der Waals surface area (Å²) in [5, 5.41) is 0. The predicted octanol–water partition coefficient (Wildman–Crippen LogP) is 1.45. The topological polar surface area (TPSA) is 58.4 Å². The summed E-state index contributed by atoms with van der Waals surface area (Å²) < 4.78 is 0. The average molecular weight is 219 g/mol. The Morgan fingerprint density at radius 1 is 1.50 bits per heavy atom. The van der Waals surface area contributed by atoms with Gasteiger partial charge in [-0.1, -0.05) is 19.1 Å². The molecule has 0 aliphatic carbocycles. The minimum absolute atomic E-state index is 0.0675. The van der Waals surface area contributed by atoms with Gasteiger partial charge in [0.1, 0.15) is 0 Å². The van der Waals surface area contributed by atoms with Gasteiger partial charge in [-0.25, -0.2) is 0 Å². The van der Waals surface area contributed by atoms with Crippen LogP contribution in [0.15, 0.2) is 24.3 Å². The SMILES string of the molecule is CC1CCN(C(=O)c2ccccc2NN)C1. The summed E-state index contributed by atoms with van der Waals surface area (Å²) in [5.74, 6) is 6.06. The third-order valence-electron chi connectivity index (χ3n) is 3.02. The second-order valence-electron chi connectivity index (χ2n) is 4.33. The third-order valence-corrected chi connectivity index (χ3v) is 3.02. The van der Waals surface area contributed by atoms with Crippen molar-refractivity contribution < 1.29 is 4.79 Å². The first-order chi connectivity index (χ1) is 7.72. The summed E-state index contributed by atoms with van der Waals surface area (Å²) in [6.45, 7) is 3.86. The van der Waals surface area contributed by atoms with Crippen LogP contribution in [0, 0.1) is 5.92 Å². The van der Waals surface area contributed by atoms with Gasteiger partial charge in [-0.3, -0.25) is 10.6 Å². The zero-order chi connectivity index (χ0) is 11.5. The maximum Gasteiger partial charge on any atom is 0.256 e. The maximum absolute atomic E-state index is 12.2. The number of anilines is 1. The Labute approximate surface area is 95.4 Å². The molecule has 1 atom stereocenters. The second-order valence-corrected chi connectivity index (χ2v) is 4.33. The molecule has 1 aliphatic rings. The monoisotopic (exact) mass is 219 g/mol. The summed E-state index contributed by atoms with van der Waals surface area (Å²) >= 11 is 0. The van der Waals surface area contributed by atoms with Gasteiger partial charge in [0.15, 0.2) is 0 Å². The van der Waals surface area contributed by atoms with Crippen LogP contribution in [0.5, 0.6) is 0 Å². The normalized spacial score (nSPS) is 19.9. The van der Waals surface area contributed by atoms with Gasteiger partial charge in [-0.2, -0.15) is 0 Å². The molecule has 1 aromatic rings. The molecule has 1 amide bonds. The van der Waals surface area contributed by atoms with Gasteiger partial charge in [0.25, 0.3) is 5.91 Å². The molecule has 86 valence electrons. The average Bonchev–Trinajstić information content (AvgIpc) is 2.75. The molecule has 16 heavy (non-hydrogen) atoms. The van der Waals surface area contributed by atoms with Crippen molar-refractivity contribution in [1.82, 2.24) is 4.90 Å². The number of nitrogen functional groups attached to an aromatic ring is 1. The van der Waals surface area contributed by atoms with Gasteiger partial charge in [0, 0.05) is 13.1 Å². The number of benzene rings is 1. The van der Waals surface area contributed by atoms with Crippen molar-refractivity contribution in [3.8, 4) is 0 Å². The summed E-state index contributed by atoms with van der Waals surface area (Å²) in [7, 11) is 0. The molecule has 1 fully saturated rings. The van der Waals surface area contributed by atoms with Gasteiger partial charge in [-0.15, -0.1) is 0 Å². The Kier molecular flexibility index (Phi) is 3.10. The number of para-hydroxylation sites is 1. The molecule has 1 aromatic carbocycles. The highest BCUT2D eigenvalue weighted by Gasteiger charge is 2.25. The number of hydrogen-bond acceptors (Lipinski definition) is 3. The van der Waals surface area contributed by atoms with Crippen LogP contribution in [0.2, 0.25) is 0 Å². The molecule has 4 heteroatoms. The van der Waals surface area contributed by atoms with E-state index in [4.69, 9.17) is 5.84 Å². The quantitative estimate of drug-likeness (QED) is 0.584. The minimum Gasteiger partial charge on any atom is -0.338 e. The lowest BCUT2D eigenvalue weighted by Crippen LogP contribution is -2.29. The zero-order valence-electron chi connectivity index (χ0n) is 9.44. The standard InChI is InChI=1S/C12H17N3O/c1-9-6-7-15(8-9)12(16)10-4-2-3-5-11(10)14-13/h2-5,9,14H,6-8,13H2,1H3. The number of nitrogens with one attached hydrogen (secondary N) is 1. The number of nitrogens with zero attached hydrogens (tertiary/aromatic N) is 1.